The van der Waals surface area contributed by atoms with Gasteiger partial charge in [0.2, 0.25) is 0 Å². The third kappa shape index (κ3) is 5.85. The van der Waals surface area contributed by atoms with E-state index in [0.29, 0.717) is 0 Å². The molecule has 0 spiro atoms. The Kier molecular flexibility index (Phi) is 6.23. The molecule has 0 saturated carbocycles. The van der Waals surface area contributed by atoms with Crippen molar-refractivity contribution >= 4 is 0 Å². The summed E-state index contributed by atoms with van der Waals surface area (Å²) in [4.78, 5) is 2.38. The van der Waals surface area contributed by atoms with Crippen molar-refractivity contribution in [2.24, 2.45) is 5.92 Å². The second-order valence-corrected chi connectivity index (χ2v) is 5.26. The van der Waals surface area contributed by atoms with Crippen molar-refractivity contribution in [1.82, 2.24) is 10.2 Å². The molecular weight excluding hydrogens is 208 g/mol. The van der Waals surface area contributed by atoms with Crippen molar-refractivity contribution in [2.45, 2.75) is 26.8 Å². The number of hydrogen-bond acceptors (Lipinski definition) is 2. The standard InChI is InChI=1S/C15H26N2/c1-13(2)11-17(4)12-15-7-5-14(6-8-15)9-10-16-3/h5-8,13,16H,9-12H2,1-4H3. The van der Waals surface area contributed by atoms with Gasteiger partial charge >= 0.3 is 0 Å². The fraction of sp³-hybridized carbons (Fsp3) is 0.600. The first-order chi connectivity index (χ1) is 8.11. The Bertz CT molecular complexity index is 303. The molecule has 0 unspecified atom stereocenters. The quantitative estimate of drug-likeness (QED) is 0.780. The van der Waals surface area contributed by atoms with Crippen molar-refractivity contribution < 1.29 is 0 Å². The zero-order chi connectivity index (χ0) is 12.7. The van der Waals surface area contributed by atoms with E-state index in [2.05, 4.69) is 55.4 Å². The van der Waals surface area contributed by atoms with Crippen LogP contribution in [0.25, 0.3) is 0 Å². The van der Waals surface area contributed by atoms with E-state index in [1.807, 2.05) is 7.05 Å². The number of nitrogens with one attached hydrogen (secondary N) is 1. The molecule has 0 aliphatic heterocycles. The van der Waals surface area contributed by atoms with Crippen LogP contribution in [0.1, 0.15) is 25.0 Å². The monoisotopic (exact) mass is 234 g/mol. The summed E-state index contributed by atoms with van der Waals surface area (Å²) in [7, 11) is 4.18. The number of likely N-dealkylation sites (N-methyl/N-ethyl adjacent to an activating group) is 1. The van der Waals surface area contributed by atoms with Crippen LogP contribution in [0.4, 0.5) is 0 Å². The van der Waals surface area contributed by atoms with Crippen LogP contribution < -0.4 is 5.32 Å². The van der Waals surface area contributed by atoms with E-state index in [0.717, 1.165) is 32.0 Å². The van der Waals surface area contributed by atoms with E-state index >= 15 is 0 Å². The molecule has 1 aromatic rings. The van der Waals surface area contributed by atoms with Crippen molar-refractivity contribution in [2.75, 3.05) is 27.2 Å². The Balaban J connectivity index is 2.44. The molecule has 1 N–H and O–H groups in total. The van der Waals surface area contributed by atoms with Crippen LogP contribution in [-0.4, -0.2) is 32.1 Å². The van der Waals surface area contributed by atoms with Crippen LogP contribution in [0, 0.1) is 5.92 Å². The Hall–Kier alpha value is -0.860. The third-order valence-electron chi connectivity index (χ3n) is 2.82. The number of rotatable bonds is 7. The minimum absolute atomic E-state index is 0.731. The summed E-state index contributed by atoms with van der Waals surface area (Å²) in [5.74, 6) is 0.731. The average Bonchev–Trinajstić information content (AvgIpc) is 2.27. The minimum Gasteiger partial charge on any atom is -0.319 e. The highest BCUT2D eigenvalue weighted by Crippen LogP contribution is 2.08. The zero-order valence-electron chi connectivity index (χ0n) is 11.7. The van der Waals surface area contributed by atoms with Gasteiger partial charge in [0.25, 0.3) is 0 Å². The number of benzene rings is 1. The van der Waals surface area contributed by atoms with Crippen molar-refractivity contribution in [1.29, 1.82) is 0 Å². The molecule has 2 heteroatoms. The third-order valence-corrected chi connectivity index (χ3v) is 2.82. The van der Waals surface area contributed by atoms with Gasteiger partial charge in [-0.1, -0.05) is 38.1 Å². The van der Waals surface area contributed by atoms with E-state index in [9.17, 15) is 0 Å². The molecule has 96 valence electrons. The van der Waals surface area contributed by atoms with E-state index in [4.69, 9.17) is 0 Å². The summed E-state index contributed by atoms with van der Waals surface area (Å²) in [5, 5.41) is 3.18. The van der Waals surface area contributed by atoms with Crippen LogP contribution in [0.2, 0.25) is 0 Å². The fourth-order valence-electron chi connectivity index (χ4n) is 2.08. The van der Waals surface area contributed by atoms with Crippen molar-refractivity contribution in [3.8, 4) is 0 Å². The predicted molar refractivity (Wildman–Crippen MR) is 75.2 cm³/mol. The molecule has 0 saturated heterocycles. The van der Waals surface area contributed by atoms with Crippen LogP contribution in [-0.2, 0) is 13.0 Å². The van der Waals surface area contributed by atoms with E-state index < -0.39 is 0 Å². The molecule has 0 fully saturated rings. The van der Waals surface area contributed by atoms with Gasteiger partial charge in [-0.05, 0) is 44.1 Å². The number of nitrogens with zero attached hydrogens (tertiary/aromatic N) is 1. The summed E-state index contributed by atoms with van der Waals surface area (Å²) in [6, 6.07) is 9.00. The summed E-state index contributed by atoms with van der Waals surface area (Å²) in [6.07, 6.45) is 1.11. The van der Waals surface area contributed by atoms with Gasteiger partial charge in [0.15, 0.2) is 0 Å². The van der Waals surface area contributed by atoms with Gasteiger partial charge in [-0.15, -0.1) is 0 Å². The maximum atomic E-state index is 3.18. The summed E-state index contributed by atoms with van der Waals surface area (Å²) in [5.41, 5.74) is 2.82. The largest absolute Gasteiger partial charge is 0.319 e. The van der Waals surface area contributed by atoms with Crippen molar-refractivity contribution in [3.63, 3.8) is 0 Å². The highest BCUT2D eigenvalue weighted by atomic mass is 15.1. The first-order valence-electron chi connectivity index (χ1n) is 6.52. The van der Waals surface area contributed by atoms with Crippen LogP contribution >= 0.6 is 0 Å². The molecule has 0 amide bonds. The summed E-state index contributed by atoms with van der Waals surface area (Å²) < 4.78 is 0. The molecule has 1 rings (SSSR count). The topological polar surface area (TPSA) is 15.3 Å². The van der Waals surface area contributed by atoms with Gasteiger partial charge < -0.3 is 10.2 Å². The smallest absolute Gasteiger partial charge is 0.0230 e. The Morgan fingerprint density at radius 1 is 1.12 bits per heavy atom. The minimum atomic E-state index is 0.731. The SMILES string of the molecule is CNCCc1ccc(CN(C)CC(C)C)cc1. The highest BCUT2D eigenvalue weighted by molar-refractivity contribution is 5.22. The lowest BCUT2D eigenvalue weighted by Crippen LogP contribution is -2.22. The molecule has 0 aliphatic rings. The first kappa shape index (κ1) is 14.2. The van der Waals surface area contributed by atoms with E-state index in [-0.39, 0.29) is 0 Å². The van der Waals surface area contributed by atoms with E-state index in [1.54, 1.807) is 0 Å². The molecule has 0 aromatic heterocycles. The lowest BCUT2D eigenvalue weighted by molar-refractivity contribution is 0.288. The van der Waals surface area contributed by atoms with Gasteiger partial charge in [-0.3, -0.25) is 0 Å². The van der Waals surface area contributed by atoms with Crippen LogP contribution in [0.5, 0.6) is 0 Å². The second-order valence-electron chi connectivity index (χ2n) is 5.26. The molecule has 0 aliphatic carbocycles. The van der Waals surface area contributed by atoms with Gasteiger partial charge in [-0.25, -0.2) is 0 Å². The first-order valence-corrected chi connectivity index (χ1v) is 6.52. The van der Waals surface area contributed by atoms with Crippen molar-refractivity contribution in [3.05, 3.63) is 35.4 Å². The molecular formula is C15H26N2. The van der Waals surface area contributed by atoms with Crippen LogP contribution in [0.3, 0.4) is 0 Å². The van der Waals surface area contributed by atoms with Crippen LogP contribution in [0.15, 0.2) is 24.3 Å². The van der Waals surface area contributed by atoms with Gasteiger partial charge in [0.05, 0.1) is 0 Å². The zero-order valence-corrected chi connectivity index (χ0v) is 11.7. The van der Waals surface area contributed by atoms with E-state index in [1.165, 1.54) is 11.1 Å². The van der Waals surface area contributed by atoms with Gasteiger partial charge in [0, 0.05) is 13.1 Å². The molecule has 0 heterocycles. The molecule has 0 bridgehead atoms. The Morgan fingerprint density at radius 2 is 1.71 bits per heavy atom. The van der Waals surface area contributed by atoms with Gasteiger partial charge in [0.1, 0.15) is 0 Å². The molecule has 1 aromatic carbocycles. The lowest BCUT2D eigenvalue weighted by atomic mass is 10.1. The predicted octanol–water partition coefficient (Wildman–Crippen LogP) is 2.54. The fourth-order valence-corrected chi connectivity index (χ4v) is 2.08. The highest BCUT2D eigenvalue weighted by Gasteiger charge is 2.02. The summed E-state index contributed by atoms with van der Waals surface area (Å²) in [6.45, 7) is 7.77. The normalized spacial score (nSPS) is 11.4. The Morgan fingerprint density at radius 3 is 2.24 bits per heavy atom. The van der Waals surface area contributed by atoms with Gasteiger partial charge in [-0.2, -0.15) is 0 Å². The second kappa shape index (κ2) is 7.46. The molecule has 0 atom stereocenters. The summed E-state index contributed by atoms with van der Waals surface area (Å²) >= 11 is 0. The maximum Gasteiger partial charge on any atom is 0.0230 e. The number of hydrogen-bond donors (Lipinski definition) is 1. The Labute approximate surface area is 106 Å². The maximum absolute atomic E-state index is 3.18. The molecule has 2 nitrogen and oxygen atoms in total. The average molecular weight is 234 g/mol. The lowest BCUT2D eigenvalue weighted by Gasteiger charge is -2.19. The molecule has 0 radical (unpaired) electrons. The molecule has 17 heavy (non-hydrogen) atoms.